The fourth-order valence-electron chi connectivity index (χ4n) is 4.23. The summed E-state index contributed by atoms with van der Waals surface area (Å²) in [5.74, 6) is 1.23. The van der Waals surface area contributed by atoms with E-state index in [1.54, 1.807) is 4.57 Å². The van der Waals surface area contributed by atoms with E-state index < -0.39 is 0 Å². The molecule has 1 atom stereocenters. The minimum atomic E-state index is -0.135. The smallest absolute Gasteiger partial charge is 0.300 e. The van der Waals surface area contributed by atoms with Gasteiger partial charge in [-0.15, -0.1) is 0 Å². The van der Waals surface area contributed by atoms with Crippen LogP contribution in [0.5, 0.6) is 0 Å². The lowest BCUT2D eigenvalue weighted by Crippen LogP contribution is -2.41. The molecule has 1 saturated carbocycles. The van der Waals surface area contributed by atoms with E-state index in [0.29, 0.717) is 5.92 Å². The van der Waals surface area contributed by atoms with Crippen LogP contribution in [0.1, 0.15) is 50.3 Å². The van der Waals surface area contributed by atoms with E-state index in [2.05, 4.69) is 15.1 Å². The van der Waals surface area contributed by atoms with E-state index >= 15 is 0 Å². The highest BCUT2D eigenvalue weighted by Crippen LogP contribution is 2.31. The lowest BCUT2D eigenvalue weighted by Gasteiger charge is -2.36. The van der Waals surface area contributed by atoms with Gasteiger partial charge in [-0.3, -0.25) is 4.90 Å². The number of hydrogen-bond acceptors (Lipinski definition) is 3. The Kier molecular flexibility index (Phi) is 4.04. The summed E-state index contributed by atoms with van der Waals surface area (Å²) >= 11 is 0. The van der Waals surface area contributed by atoms with E-state index in [-0.39, 0.29) is 5.69 Å². The van der Waals surface area contributed by atoms with E-state index in [1.165, 1.54) is 38.6 Å². The summed E-state index contributed by atoms with van der Waals surface area (Å²) in [6.07, 6.45) is 7.70. The minimum absolute atomic E-state index is 0.135. The van der Waals surface area contributed by atoms with Gasteiger partial charge in [-0.05, 0) is 44.4 Å². The first-order valence-electron chi connectivity index (χ1n) is 8.80. The minimum Gasteiger partial charge on any atom is -0.300 e. The summed E-state index contributed by atoms with van der Waals surface area (Å²) in [5.41, 5.74) is 0.767. The lowest BCUT2D eigenvalue weighted by molar-refractivity contribution is 0.147. The highest BCUT2D eigenvalue weighted by atomic mass is 16.1. The predicted molar refractivity (Wildman–Crippen MR) is 90.0 cm³/mol. The van der Waals surface area contributed by atoms with Crippen molar-refractivity contribution < 1.29 is 0 Å². The summed E-state index contributed by atoms with van der Waals surface area (Å²) in [6.45, 7) is 2.23. The zero-order chi connectivity index (χ0) is 15.6. The second-order valence-electron chi connectivity index (χ2n) is 6.83. The van der Waals surface area contributed by atoms with Gasteiger partial charge < -0.3 is 0 Å². The number of piperidine rings is 1. The molecule has 1 aromatic carbocycles. The molecule has 1 saturated heterocycles. The number of nitrogens with one attached hydrogen (secondary N) is 1. The van der Waals surface area contributed by atoms with Crippen molar-refractivity contribution in [2.45, 2.75) is 50.5 Å². The zero-order valence-corrected chi connectivity index (χ0v) is 13.4. The highest BCUT2D eigenvalue weighted by molar-refractivity contribution is 5.32. The Hall–Kier alpha value is -1.88. The Morgan fingerprint density at radius 3 is 2.61 bits per heavy atom. The third-order valence-electron chi connectivity index (χ3n) is 5.37. The standard InChI is InChI=1S/C18H24N4O/c23-18-20-19-17(22(18)16-10-2-1-3-11-16)14-7-6-12-21(13-14)15-8-4-5-9-15/h1-3,10-11,14-15H,4-9,12-13H2,(H,20,23). The number of nitrogens with zero attached hydrogens (tertiary/aromatic N) is 3. The number of H-pyrrole nitrogens is 1. The predicted octanol–water partition coefficient (Wildman–Crippen LogP) is 2.68. The van der Waals surface area contributed by atoms with Gasteiger partial charge in [0.05, 0.1) is 5.69 Å². The molecule has 2 fully saturated rings. The average Bonchev–Trinajstić information content (AvgIpc) is 3.25. The van der Waals surface area contributed by atoms with Crippen LogP contribution in [-0.2, 0) is 0 Å². The molecule has 122 valence electrons. The van der Waals surface area contributed by atoms with E-state index in [9.17, 15) is 4.79 Å². The quantitative estimate of drug-likeness (QED) is 0.948. The van der Waals surface area contributed by atoms with Crippen molar-refractivity contribution in [3.8, 4) is 5.69 Å². The molecule has 1 aliphatic carbocycles. The molecule has 0 bridgehead atoms. The summed E-state index contributed by atoms with van der Waals surface area (Å²) < 4.78 is 1.75. The van der Waals surface area contributed by atoms with Crippen molar-refractivity contribution in [2.75, 3.05) is 13.1 Å². The van der Waals surface area contributed by atoms with Crippen LogP contribution in [0.25, 0.3) is 5.69 Å². The summed E-state index contributed by atoms with van der Waals surface area (Å²) in [6, 6.07) is 10.6. The molecule has 2 aromatic rings. The van der Waals surface area contributed by atoms with Crippen molar-refractivity contribution in [3.05, 3.63) is 46.6 Å². The van der Waals surface area contributed by atoms with Crippen LogP contribution in [0.2, 0.25) is 0 Å². The Morgan fingerprint density at radius 2 is 1.83 bits per heavy atom. The normalized spacial score (nSPS) is 23.4. The first-order chi connectivity index (χ1) is 11.3. The molecule has 1 aromatic heterocycles. The largest absolute Gasteiger partial charge is 0.347 e. The molecule has 4 rings (SSSR count). The SMILES string of the molecule is O=c1[nH]nc(C2CCCN(C3CCCC3)C2)n1-c1ccccc1. The Balaban J connectivity index is 1.62. The highest BCUT2D eigenvalue weighted by Gasteiger charge is 2.31. The fraction of sp³-hybridized carbons (Fsp3) is 0.556. The van der Waals surface area contributed by atoms with Crippen molar-refractivity contribution in [1.29, 1.82) is 0 Å². The maximum atomic E-state index is 12.3. The molecule has 0 amide bonds. The van der Waals surface area contributed by atoms with Crippen LogP contribution in [-0.4, -0.2) is 38.8 Å². The van der Waals surface area contributed by atoms with Gasteiger partial charge in [0.2, 0.25) is 0 Å². The monoisotopic (exact) mass is 312 g/mol. The van der Waals surface area contributed by atoms with Crippen LogP contribution >= 0.6 is 0 Å². The van der Waals surface area contributed by atoms with Gasteiger partial charge >= 0.3 is 5.69 Å². The molecule has 1 N–H and O–H groups in total. The molecule has 0 radical (unpaired) electrons. The number of likely N-dealkylation sites (tertiary alicyclic amines) is 1. The van der Waals surface area contributed by atoms with Gasteiger partial charge in [0.15, 0.2) is 0 Å². The third-order valence-corrected chi connectivity index (χ3v) is 5.37. The summed E-state index contributed by atoms with van der Waals surface area (Å²) in [5, 5.41) is 7.03. The number of hydrogen-bond donors (Lipinski definition) is 1. The average molecular weight is 312 g/mol. The van der Waals surface area contributed by atoms with Gasteiger partial charge in [0, 0.05) is 18.5 Å². The van der Waals surface area contributed by atoms with Gasteiger partial charge in [-0.1, -0.05) is 31.0 Å². The summed E-state index contributed by atoms with van der Waals surface area (Å²) in [7, 11) is 0. The molecule has 1 unspecified atom stereocenters. The van der Waals surface area contributed by atoms with E-state index in [4.69, 9.17) is 0 Å². The number of rotatable bonds is 3. The number of aromatic amines is 1. The van der Waals surface area contributed by atoms with Crippen molar-refractivity contribution >= 4 is 0 Å². The second kappa shape index (κ2) is 6.32. The Morgan fingerprint density at radius 1 is 1.04 bits per heavy atom. The molecule has 2 aliphatic rings. The molecular formula is C18H24N4O. The van der Waals surface area contributed by atoms with Gasteiger partial charge in [0.25, 0.3) is 0 Å². The van der Waals surface area contributed by atoms with Crippen molar-refractivity contribution in [1.82, 2.24) is 19.7 Å². The maximum absolute atomic E-state index is 12.3. The lowest BCUT2D eigenvalue weighted by atomic mass is 9.95. The molecular weight excluding hydrogens is 288 g/mol. The molecule has 2 heterocycles. The first-order valence-corrected chi connectivity index (χ1v) is 8.80. The van der Waals surface area contributed by atoms with Crippen LogP contribution in [0.4, 0.5) is 0 Å². The van der Waals surface area contributed by atoms with Crippen LogP contribution < -0.4 is 5.69 Å². The topological polar surface area (TPSA) is 53.9 Å². The van der Waals surface area contributed by atoms with Crippen LogP contribution in [0.3, 0.4) is 0 Å². The molecule has 5 nitrogen and oxygen atoms in total. The number of aromatic nitrogens is 3. The first kappa shape index (κ1) is 14.7. The van der Waals surface area contributed by atoms with Gasteiger partial charge in [0.1, 0.15) is 5.82 Å². The molecule has 23 heavy (non-hydrogen) atoms. The number of para-hydroxylation sites is 1. The molecule has 1 aliphatic heterocycles. The molecule has 5 heteroatoms. The number of benzene rings is 1. The van der Waals surface area contributed by atoms with Crippen LogP contribution in [0.15, 0.2) is 35.1 Å². The molecule has 0 spiro atoms. The van der Waals surface area contributed by atoms with Crippen LogP contribution in [0, 0.1) is 0 Å². The third kappa shape index (κ3) is 2.85. The van der Waals surface area contributed by atoms with Crippen molar-refractivity contribution in [3.63, 3.8) is 0 Å². The fourth-order valence-corrected chi connectivity index (χ4v) is 4.23. The van der Waals surface area contributed by atoms with E-state index in [0.717, 1.165) is 30.5 Å². The van der Waals surface area contributed by atoms with E-state index in [1.807, 2.05) is 30.3 Å². The Labute approximate surface area is 136 Å². The zero-order valence-electron chi connectivity index (χ0n) is 13.4. The van der Waals surface area contributed by atoms with Gasteiger partial charge in [-0.25, -0.2) is 14.5 Å². The summed E-state index contributed by atoms with van der Waals surface area (Å²) in [4.78, 5) is 14.9. The Bertz CT molecular complexity index is 699. The maximum Gasteiger partial charge on any atom is 0.347 e. The second-order valence-corrected chi connectivity index (χ2v) is 6.83. The van der Waals surface area contributed by atoms with Crippen molar-refractivity contribution in [2.24, 2.45) is 0 Å². The van der Waals surface area contributed by atoms with Gasteiger partial charge in [-0.2, -0.15) is 5.10 Å².